The summed E-state index contributed by atoms with van der Waals surface area (Å²) in [4.78, 5) is 17.0. The van der Waals surface area contributed by atoms with Gasteiger partial charge in [0.25, 0.3) is 5.91 Å². The summed E-state index contributed by atoms with van der Waals surface area (Å²) >= 11 is 4.70. The molecule has 0 aliphatic heterocycles. The molecule has 1 amide bonds. The molecule has 156 valence electrons. The van der Waals surface area contributed by atoms with Crippen molar-refractivity contribution < 1.29 is 9.90 Å². The van der Waals surface area contributed by atoms with Gasteiger partial charge in [-0.05, 0) is 35.9 Å². The van der Waals surface area contributed by atoms with Gasteiger partial charge < -0.3 is 9.67 Å². The van der Waals surface area contributed by atoms with Gasteiger partial charge in [-0.3, -0.25) is 4.79 Å². The molecule has 0 spiro atoms. The number of nitrogens with one attached hydrogen (secondary N) is 1. The highest BCUT2D eigenvalue weighted by Gasteiger charge is 2.13. The molecular weight excluding hydrogens is 476 g/mol. The molecule has 0 aliphatic rings. The number of phenolic OH excluding ortho intramolecular Hbond substituents is 1. The molecule has 4 aromatic rings. The second kappa shape index (κ2) is 9.80. The van der Waals surface area contributed by atoms with Crippen molar-refractivity contribution in [3.05, 3.63) is 88.4 Å². The number of aromatic hydroxyl groups is 1. The summed E-state index contributed by atoms with van der Waals surface area (Å²) in [6.45, 7) is 0.672. The Morgan fingerprint density at radius 1 is 1.13 bits per heavy atom. The maximum Gasteiger partial charge on any atom is 0.250 e. The largest absolute Gasteiger partial charge is 0.507 e. The molecule has 0 bridgehead atoms. The van der Waals surface area contributed by atoms with Crippen LogP contribution in [-0.4, -0.2) is 32.5 Å². The number of phenols is 1. The van der Waals surface area contributed by atoms with Gasteiger partial charge in [0.15, 0.2) is 5.16 Å². The van der Waals surface area contributed by atoms with Gasteiger partial charge in [-0.2, -0.15) is 5.10 Å². The molecule has 3 aromatic carbocycles. The number of carbonyl (C=O) groups is 1. The zero-order valence-corrected chi connectivity index (χ0v) is 18.8. The summed E-state index contributed by atoms with van der Waals surface area (Å²) in [5.41, 5.74) is 6.08. The van der Waals surface area contributed by atoms with Crippen LogP contribution in [0, 0.1) is 0 Å². The van der Waals surface area contributed by atoms with Crippen LogP contribution in [0.15, 0.2) is 87.5 Å². The Hall–Kier alpha value is -3.10. The summed E-state index contributed by atoms with van der Waals surface area (Å²) in [6.07, 6.45) is 1.41. The number of hydrazone groups is 1. The number of amides is 1. The third kappa shape index (κ3) is 5.34. The number of rotatable bonds is 7. The molecule has 0 saturated carbocycles. The average Bonchev–Trinajstić information content (AvgIpc) is 3.13. The Balaban J connectivity index is 1.44. The zero-order chi connectivity index (χ0) is 21.6. The van der Waals surface area contributed by atoms with Crippen molar-refractivity contribution in [3.63, 3.8) is 0 Å². The molecule has 0 aliphatic carbocycles. The van der Waals surface area contributed by atoms with Crippen LogP contribution in [0.3, 0.4) is 0 Å². The third-order valence-electron chi connectivity index (χ3n) is 4.52. The predicted molar refractivity (Wildman–Crippen MR) is 128 cm³/mol. The summed E-state index contributed by atoms with van der Waals surface area (Å²) < 4.78 is 2.93. The zero-order valence-electron chi connectivity index (χ0n) is 16.4. The van der Waals surface area contributed by atoms with Gasteiger partial charge >= 0.3 is 0 Å². The van der Waals surface area contributed by atoms with Crippen LogP contribution in [0.5, 0.6) is 5.75 Å². The predicted octanol–water partition coefficient (Wildman–Crippen LogP) is 4.80. The standard InChI is InChI=1S/C23H19BrN4O2S/c24-18-10-11-21(29)17(12-18)13-25-27-22(30)15-31-23-26-19-8-4-5-9-20(19)28(23)14-16-6-2-1-3-7-16/h1-13,29H,14-15H2,(H,27,30). The smallest absolute Gasteiger partial charge is 0.250 e. The van der Waals surface area contributed by atoms with Crippen molar-refractivity contribution >= 4 is 50.8 Å². The fraction of sp³-hybridized carbons (Fsp3) is 0.0870. The highest BCUT2D eigenvalue weighted by atomic mass is 79.9. The molecule has 4 rings (SSSR count). The third-order valence-corrected chi connectivity index (χ3v) is 5.99. The first-order valence-corrected chi connectivity index (χ1v) is 11.3. The highest BCUT2D eigenvalue weighted by molar-refractivity contribution is 9.10. The van der Waals surface area contributed by atoms with E-state index in [1.165, 1.54) is 18.0 Å². The molecule has 0 fully saturated rings. The van der Waals surface area contributed by atoms with Gasteiger partial charge in [0.2, 0.25) is 0 Å². The van der Waals surface area contributed by atoms with Crippen molar-refractivity contribution in [2.24, 2.45) is 5.10 Å². The molecule has 1 aromatic heterocycles. The molecule has 0 saturated heterocycles. The number of halogens is 1. The Bertz CT molecular complexity index is 1240. The topological polar surface area (TPSA) is 79.5 Å². The molecule has 8 heteroatoms. The Morgan fingerprint density at radius 2 is 1.90 bits per heavy atom. The van der Waals surface area contributed by atoms with Gasteiger partial charge in [-0.15, -0.1) is 0 Å². The monoisotopic (exact) mass is 494 g/mol. The van der Waals surface area contributed by atoms with E-state index in [4.69, 9.17) is 4.98 Å². The lowest BCUT2D eigenvalue weighted by atomic mass is 10.2. The summed E-state index contributed by atoms with van der Waals surface area (Å²) in [5.74, 6) is -0.000769. The molecule has 0 radical (unpaired) electrons. The highest BCUT2D eigenvalue weighted by Crippen LogP contribution is 2.25. The number of hydrogen-bond donors (Lipinski definition) is 2. The van der Waals surface area contributed by atoms with Crippen molar-refractivity contribution in [3.8, 4) is 5.75 Å². The molecule has 31 heavy (non-hydrogen) atoms. The van der Waals surface area contributed by atoms with E-state index in [1.807, 2.05) is 42.5 Å². The fourth-order valence-corrected chi connectivity index (χ4v) is 4.23. The van der Waals surface area contributed by atoms with Crippen molar-refractivity contribution in [1.82, 2.24) is 15.0 Å². The number of thioether (sulfide) groups is 1. The average molecular weight is 495 g/mol. The lowest BCUT2D eigenvalue weighted by Gasteiger charge is -2.09. The first kappa shape index (κ1) is 21.1. The van der Waals surface area contributed by atoms with Crippen molar-refractivity contribution in [2.75, 3.05) is 5.75 Å². The van der Waals surface area contributed by atoms with E-state index in [1.54, 1.807) is 18.2 Å². The number of fused-ring (bicyclic) bond motifs is 1. The Kier molecular flexibility index (Phi) is 6.69. The van der Waals surface area contributed by atoms with E-state index < -0.39 is 0 Å². The van der Waals surface area contributed by atoms with Gasteiger partial charge in [0.1, 0.15) is 5.75 Å². The first-order valence-electron chi connectivity index (χ1n) is 9.52. The van der Waals surface area contributed by atoms with Crippen molar-refractivity contribution in [1.29, 1.82) is 0 Å². The molecule has 0 atom stereocenters. The van der Waals surface area contributed by atoms with Crippen LogP contribution >= 0.6 is 27.7 Å². The summed E-state index contributed by atoms with van der Waals surface area (Å²) in [6, 6.07) is 23.1. The van der Waals surface area contributed by atoms with E-state index in [0.717, 1.165) is 26.2 Å². The summed E-state index contributed by atoms with van der Waals surface area (Å²) in [5, 5.41) is 14.5. The second-order valence-electron chi connectivity index (χ2n) is 6.74. The number of hydrogen-bond acceptors (Lipinski definition) is 5. The van der Waals surface area contributed by atoms with E-state index >= 15 is 0 Å². The minimum Gasteiger partial charge on any atom is -0.507 e. The quantitative estimate of drug-likeness (QED) is 0.220. The number of imidazole rings is 1. The maximum atomic E-state index is 12.3. The number of para-hydroxylation sites is 2. The molecule has 1 heterocycles. The van der Waals surface area contributed by atoms with Crippen LogP contribution in [-0.2, 0) is 11.3 Å². The SMILES string of the molecule is O=C(CSc1nc2ccccc2n1Cc1ccccc1)NN=Cc1cc(Br)ccc1O. The molecular formula is C23H19BrN4O2S. The van der Waals surface area contributed by atoms with Crippen LogP contribution in [0.25, 0.3) is 11.0 Å². The normalized spacial score (nSPS) is 11.3. The van der Waals surface area contributed by atoms with Crippen molar-refractivity contribution in [2.45, 2.75) is 11.7 Å². The van der Waals surface area contributed by atoms with Crippen LogP contribution < -0.4 is 5.43 Å². The van der Waals surface area contributed by atoms with E-state index in [2.05, 4.69) is 43.2 Å². The van der Waals surface area contributed by atoms with Crippen LogP contribution in [0.2, 0.25) is 0 Å². The fourth-order valence-electron chi connectivity index (χ4n) is 3.05. The lowest BCUT2D eigenvalue weighted by molar-refractivity contribution is -0.118. The van der Waals surface area contributed by atoms with E-state index in [0.29, 0.717) is 12.1 Å². The Labute approximate surface area is 192 Å². The van der Waals surface area contributed by atoms with E-state index in [-0.39, 0.29) is 17.4 Å². The van der Waals surface area contributed by atoms with Gasteiger partial charge in [0, 0.05) is 10.0 Å². The van der Waals surface area contributed by atoms with E-state index in [9.17, 15) is 9.90 Å². The second-order valence-corrected chi connectivity index (χ2v) is 8.60. The van der Waals surface area contributed by atoms with Crippen LogP contribution in [0.4, 0.5) is 0 Å². The number of nitrogens with zero attached hydrogens (tertiary/aromatic N) is 3. The van der Waals surface area contributed by atoms with Gasteiger partial charge in [-0.25, -0.2) is 10.4 Å². The number of aromatic nitrogens is 2. The minimum absolute atomic E-state index is 0.0882. The minimum atomic E-state index is -0.256. The number of benzene rings is 3. The van der Waals surface area contributed by atoms with Crippen LogP contribution in [0.1, 0.15) is 11.1 Å². The van der Waals surface area contributed by atoms with Gasteiger partial charge in [-0.1, -0.05) is 70.2 Å². The maximum absolute atomic E-state index is 12.3. The molecule has 0 unspecified atom stereocenters. The Morgan fingerprint density at radius 3 is 2.74 bits per heavy atom. The molecule has 2 N–H and O–H groups in total. The van der Waals surface area contributed by atoms with Gasteiger partial charge in [0.05, 0.1) is 29.5 Å². The number of carbonyl (C=O) groups excluding carboxylic acids is 1. The summed E-state index contributed by atoms with van der Waals surface area (Å²) in [7, 11) is 0. The lowest BCUT2D eigenvalue weighted by Crippen LogP contribution is -2.20. The molecule has 6 nitrogen and oxygen atoms in total. The first-order chi connectivity index (χ1) is 15.1.